The third-order valence-corrected chi connectivity index (χ3v) is 1.81. The Hall–Kier alpha value is -0.350. The first-order valence-corrected chi connectivity index (χ1v) is 4.10. The van der Waals surface area contributed by atoms with E-state index in [1.165, 1.54) is 0 Å². The molecule has 0 spiro atoms. The maximum absolute atomic E-state index is 11.8. The highest BCUT2D eigenvalue weighted by molar-refractivity contribution is 9.10. The first-order chi connectivity index (χ1) is 5.24. The Labute approximate surface area is 72.7 Å². The molecule has 1 atom stereocenters. The Kier molecular flexibility index (Phi) is 3.08. The largest absolute Gasteiger partial charge is 0.453 e. The Balaban J connectivity index is 2.60. The van der Waals surface area contributed by atoms with Crippen LogP contribution in [-0.2, 0) is 0 Å². The zero-order valence-corrected chi connectivity index (χ0v) is 7.47. The van der Waals surface area contributed by atoms with E-state index in [1.54, 1.807) is 12.1 Å². The minimum absolute atomic E-state index is 0.306. The maximum atomic E-state index is 11.8. The van der Waals surface area contributed by atoms with Crippen molar-refractivity contribution in [1.82, 2.24) is 0 Å². The molecular formula is C7H9BrFNO. The average molecular weight is 222 g/mol. The third kappa shape index (κ3) is 2.31. The van der Waals surface area contributed by atoms with Gasteiger partial charge < -0.3 is 10.2 Å². The number of hydrogen-bond acceptors (Lipinski definition) is 2. The standard InChI is InChI=1S/C7H9BrFNO/c8-7-2-1-6(11-7)5(10)3-4-9/h1-2,5H,3-4,10H2/t5-/m0/s1. The highest BCUT2D eigenvalue weighted by atomic mass is 79.9. The van der Waals surface area contributed by atoms with Crippen LogP contribution in [-0.4, -0.2) is 6.67 Å². The Morgan fingerprint density at radius 1 is 1.64 bits per heavy atom. The highest BCUT2D eigenvalue weighted by Crippen LogP contribution is 2.20. The van der Waals surface area contributed by atoms with Crippen molar-refractivity contribution in [3.05, 3.63) is 22.6 Å². The Morgan fingerprint density at radius 2 is 2.36 bits per heavy atom. The van der Waals surface area contributed by atoms with Crippen molar-refractivity contribution in [2.45, 2.75) is 12.5 Å². The molecule has 2 nitrogen and oxygen atoms in total. The number of alkyl halides is 1. The monoisotopic (exact) mass is 221 g/mol. The number of halogens is 2. The van der Waals surface area contributed by atoms with E-state index < -0.39 is 6.67 Å². The zero-order chi connectivity index (χ0) is 8.27. The van der Waals surface area contributed by atoms with E-state index in [1.807, 2.05) is 0 Å². The molecule has 2 N–H and O–H groups in total. The number of rotatable bonds is 3. The van der Waals surface area contributed by atoms with Gasteiger partial charge in [0.2, 0.25) is 0 Å². The SMILES string of the molecule is N[C@@H](CCF)c1ccc(Br)o1. The molecule has 0 bridgehead atoms. The van der Waals surface area contributed by atoms with Crippen LogP contribution < -0.4 is 5.73 Å². The summed E-state index contributed by atoms with van der Waals surface area (Å²) in [7, 11) is 0. The Bertz CT molecular complexity index is 226. The summed E-state index contributed by atoms with van der Waals surface area (Å²) in [6.07, 6.45) is 0.306. The summed E-state index contributed by atoms with van der Waals surface area (Å²) in [5.41, 5.74) is 5.56. The van der Waals surface area contributed by atoms with Crippen LogP contribution in [0.3, 0.4) is 0 Å². The van der Waals surface area contributed by atoms with E-state index in [4.69, 9.17) is 10.2 Å². The van der Waals surface area contributed by atoms with Crippen LogP contribution in [0, 0.1) is 0 Å². The van der Waals surface area contributed by atoms with Crippen LogP contribution in [0.15, 0.2) is 21.2 Å². The van der Waals surface area contributed by atoms with Crippen molar-refractivity contribution in [2.75, 3.05) is 6.67 Å². The topological polar surface area (TPSA) is 39.2 Å². The minimum atomic E-state index is -0.417. The van der Waals surface area contributed by atoms with Gasteiger partial charge in [-0.1, -0.05) is 0 Å². The highest BCUT2D eigenvalue weighted by Gasteiger charge is 2.09. The molecule has 0 aliphatic heterocycles. The van der Waals surface area contributed by atoms with Crippen LogP contribution in [0.5, 0.6) is 0 Å². The van der Waals surface area contributed by atoms with Gasteiger partial charge in [-0.25, -0.2) is 0 Å². The molecule has 0 unspecified atom stereocenters. The van der Waals surface area contributed by atoms with Crippen molar-refractivity contribution >= 4 is 15.9 Å². The van der Waals surface area contributed by atoms with E-state index >= 15 is 0 Å². The molecule has 0 saturated carbocycles. The second-order valence-corrected chi connectivity index (χ2v) is 3.01. The van der Waals surface area contributed by atoms with Crippen molar-refractivity contribution in [2.24, 2.45) is 5.73 Å². The fourth-order valence-corrected chi connectivity index (χ4v) is 1.11. The lowest BCUT2D eigenvalue weighted by Gasteiger charge is -2.03. The first kappa shape index (κ1) is 8.74. The summed E-state index contributed by atoms with van der Waals surface area (Å²) in [5, 5.41) is 0. The summed E-state index contributed by atoms with van der Waals surface area (Å²) < 4.78 is 17.6. The van der Waals surface area contributed by atoms with Crippen molar-refractivity contribution in [3.63, 3.8) is 0 Å². The maximum Gasteiger partial charge on any atom is 0.169 e. The van der Waals surface area contributed by atoms with Gasteiger partial charge in [-0.2, -0.15) is 0 Å². The quantitative estimate of drug-likeness (QED) is 0.852. The van der Waals surface area contributed by atoms with E-state index in [0.29, 0.717) is 16.9 Å². The van der Waals surface area contributed by atoms with Crippen molar-refractivity contribution in [1.29, 1.82) is 0 Å². The summed E-state index contributed by atoms with van der Waals surface area (Å²) in [6, 6.07) is 3.16. The van der Waals surface area contributed by atoms with Crippen molar-refractivity contribution < 1.29 is 8.81 Å². The lowest BCUT2D eigenvalue weighted by atomic mass is 10.2. The van der Waals surface area contributed by atoms with E-state index in [2.05, 4.69) is 15.9 Å². The van der Waals surface area contributed by atoms with Crippen LogP contribution >= 0.6 is 15.9 Å². The van der Waals surface area contributed by atoms with Gasteiger partial charge in [0.15, 0.2) is 4.67 Å². The van der Waals surface area contributed by atoms with Crippen LogP contribution in [0.2, 0.25) is 0 Å². The Morgan fingerprint density at radius 3 is 2.82 bits per heavy atom. The van der Waals surface area contributed by atoms with Gasteiger partial charge in [-0.3, -0.25) is 4.39 Å². The molecule has 1 aromatic rings. The molecule has 0 radical (unpaired) electrons. The third-order valence-electron chi connectivity index (χ3n) is 1.38. The molecule has 0 aliphatic rings. The minimum Gasteiger partial charge on any atom is -0.453 e. The molecule has 1 aromatic heterocycles. The predicted octanol–water partition coefficient (Wildman–Crippen LogP) is 2.40. The van der Waals surface area contributed by atoms with E-state index in [9.17, 15) is 4.39 Å². The summed E-state index contributed by atoms with van der Waals surface area (Å²) in [5.74, 6) is 0.620. The van der Waals surface area contributed by atoms with Gasteiger partial charge in [0.05, 0.1) is 12.7 Å². The van der Waals surface area contributed by atoms with Crippen LogP contribution in [0.25, 0.3) is 0 Å². The fraction of sp³-hybridized carbons (Fsp3) is 0.429. The molecule has 0 aliphatic carbocycles. The predicted molar refractivity (Wildman–Crippen MR) is 43.9 cm³/mol. The number of hydrogen-bond donors (Lipinski definition) is 1. The first-order valence-electron chi connectivity index (χ1n) is 3.31. The molecule has 0 fully saturated rings. The van der Waals surface area contributed by atoms with Gasteiger partial charge in [0.25, 0.3) is 0 Å². The fourth-order valence-electron chi connectivity index (χ4n) is 0.787. The van der Waals surface area contributed by atoms with Gasteiger partial charge >= 0.3 is 0 Å². The molecule has 4 heteroatoms. The normalized spacial score (nSPS) is 13.4. The van der Waals surface area contributed by atoms with Crippen LogP contribution in [0.4, 0.5) is 4.39 Å². The lowest BCUT2D eigenvalue weighted by Crippen LogP contribution is -2.09. The van der Waals surface area contributed by atoms with Gasteiger partial charge in [0.1, 0.15) is 5.76 Å². The average Bonchev–Trinajstić information content (AvgIpc) is 2.36. The molecule has 11 heavy (non-hydrogen) atoms. The number of nitrogens with two attached hydrogens (primary N) is 1. The molecule has 1 heterocycles. The molecule has 0 amide bonds. The second-order valence-electron chi connectivity index (χ2n) is 2.23. The van der Waals surface area contributed by atoms with E-state index in [0.717, 1.165) is 0 Å². The second kappa shape index (κ2) is 3.88. The van der Waals surface area contributed by atoms with Gasteiger partial charge in [-0.15, -0.1) is 0 Å². The molecule has 1 rings (SSSR count). The lowest BCUT2D eigenvalue weighted by molar-refractivity contribution is 0.390. The van der Waals surface area contributed by atoms with Gasteiger partial charge in [0, 0.05) is 0 Å². The molecule has 62 valence electrons. The summed E-state index contributed by atoms with van der Waals surface area (Å²) in [4.78, 5) is 0. The molecular weight excluding hydrogens is 213 g/mol. The number of furan rings is 1. The smallest absolute Gasteiger partial charge is 0.169 e. The molecule has 0 saturated heterocycles. The van der Waals surface area contributed by atoms with Gasteiger partial charge in [-0.05, 0) is 34.5 Å². The van der Waals surface area contributed by atoms with E-state index in [-0.39, 0.29) is 6.04 Å². The summed E-state index contributed by atoms with van der Waals surface area (Å²) in [6.45, 7) is -0.417. The summed E-state index contributed by atoms with van der Waals surface area (Å²) >= 11 is 3.14. The molecule has 0 aromatic carbocycles. The van der Waals surface area contributed by atoms with Crippen molar-refractivity contribution in [3.8, 4) is 0 Å². The van der Waals surface area contributed by atoms with Crippen LogP contribution in [0.1, 0.15) is 18.2 Å². The zero-order valence-electron chi connectivity index (χ0n) is 5.89.